The van der Waals surface area contributed by atoms with E-state index in [1.54, 1.807) is 6.07 Å². The third-order valence-electron chi connectivity index (χ3n) is 2.62. The van der Waals surface area contributed by atoms with Gasteiger partial charge in [-0.2, -0.15) is 13.2 Å². The molecule has 0 saturated heterocycles. The fourth-order valence-corrected chi connectivity index (χ4v) is 1.59. The number of rotatable bonds is 3. The van der Waals surface area contributed by atoms with Crippen LogP contribution < -0.4 is 5.32 Å². The number of hydrogen-bond donors (Lipinski definition) is 1. The molecular weight excluding hydrogens is 300 g/mol. The molecule has 7 heteroatoms. The Bertz CT molecular complexity index is 693. The second-order valence-electron chi connectivity index (χ2n) is 4.31. The van der Waals surface area contributed by atoms with Crippen LogP contribution in [0, 0.1) is 5.82 Å². The predicted molar refractivity (Wildman–Crippen MR) is 73.3 cm³/mol. The molecule has 2 aromatic rings. The first-order valence-electron chi connectivity index (χ1n) is 6.12. The number of aromatic nitrogens is 1. The van der Waals surface area contributed by atoms with E-state index in [1.165, 1.54) is 24.3 Å². The first-order chi connectivity index (χ1) is 10.3. The van der Waals surface area contributed by atoms with E-state index in [4.69, 9.17) is 0 Å². The fraction of sp³-hybridized carbons (Fsp3) is 0.0667. The van der Waals surface area contributed by atoms with Gasteiger partial charge in [-0.1, -0.05) is 12.1 Å². The highest BCUT2D eigenvalue weighted by Crippen LogP contribution is 2.28. The first-order valence-corrected chi connectivity index (χ1v) is 6.12. The second-order valence-corrected chi connectivity index (χ2v) is 4.31. The number of nitrogens with zero attached hydrogens (tertiary/aromatic N) is 1. The second kappa shape index (κ2) is 6.38. The van der Waals surface area contributed by atoms with Crippen LogP contribution in [0.5, 0.6) is 0 Å². The maximum absolute atomic E-state index is 12.9. The number of nitrogens with one attached hydrogen (secondary N) is 1. The quantitative estimate of drug-likeness (QED) is 0.690. The lowest BCUT2D eigenvalue weighted by Crippen LogP contribution is -2.11. The van der Waals surface area contributed by atoms with Gasteiger partial charge in [-0.3, -0.25) is 4.79 Å². The van der Waals surface area contributed by atoms with Crippen molar-refractivity contribution < 1.29 is 22.4 Å². The highest BCUT2D eigenvalue weighted by Gasteiger charge is 2.30. The van der Waals surface area contributed by atoms with Crippen LogP contribution in [0.4, 0.5) is 23.4 Å². The summed E-state index contributed by atoms with van der Waals surface area (Å²) in [7, 11) is 0. The van der Waals surface area contributed by atoms with Crippen LogP contribution in [0.15, 0.2) is 48.7 Å². The molecule has 2 rings (SSSR count). The Kier molecular flexibility index (Phi) is 4.55. The maximum atomic E-state index is 12.9. The van der Waals surface area contributed by atoms with Crippen molar-refractivity contribution in [1.29, 1.82) is 0 Å². The molecule has 0 fully saturated rings. The minimum absolute atomic E-state index is 0.0121. The number of halogens is 4. The lowest BCUT2D eigenvalue weighted by molar-refractivity contribution is -0.137. The lowest BCUT2D eigenvalue weighted by Gasteiger charge is -2.06. The number of carbonyl (C=O) groups is 1. The Balaban J connectivity index is 2.00. The Hall–Kier alpha value is -2.70. The highest BCUT2D eigenvalue weighted by atomic mass is 19.4. The van der Waals surface area contributed by atoms with Gasteiger partial charge in [0.25, 0.3) is 0 Å². The highest BCUT2D eigenvalue weighted by molar-refractivity contribution is 6.01. The largest absolute Gasteiger partial charge is 0.417 e. The molecule has 0 bridgehead atoms. The zero-order valence-electron chi connectivity index (χ0n) is 11.1. The molecule has 22 heavy (non-hydrogen) atoms. The molecule has 0 saturated carbocycles. The van der Waals surface area contributed by atoms with Crippen LogP contribution in [0.2, 0.25) is 0 Å². The third kappa shape index (κ3) is 4.41. The average molecular weight is 310 g/mol. The summed E-state index contributed by atoms with van der Waals surface area (Å²) in [6.07, 6.45) is -1.34. The van der Waals surface area contributed by atoms with Gasteiger partial charge in [0, 0.05) is 12.3 Å². The Labute approximate surface area is 123 Å². The number of pyridine rings is 1. The standard InChI is InChI=1S/C15H10F4N2O/c16-12-3-1-2-10(8-12)4-7-14(22)21-13-6-5-11(9-20-13)15(17,18)19/h1-9H,(H,20,21,22)/b7-4+. The van der Waals surface area contributed by atoms with E-state index in [-0.39, 0.29) is 5.82 Å². The molecule has 0 aliphatic heterocycles. The Morgan fingerprint density at radius 3 is 2.55 bits per heavy atom. The Morgan fingerprint density at radius 2 is 1.95 bits per heavy atom. The van der Waals surface area contributed by atoms with Gasteiger partial charge in [-0.05, 0) is 35.9 Å². The molecule has 0 aliphatic carbocycles. The van der Waals surface area contributed by atoms with E-state index >= 15 is 0 Å². The molecule has 0 radical (unpaired) electrons. The summed E-state index contributed by atoms with van der Waals surface area (Å²) in [6.45, 7) is 0. The number of benzene rings is 1. The minimum atomic E-state index is -4.48. The normalized spacial score (nSPS) is 11.6. The van der Waals surface area contributed by atoms with E-state index in [1.807, 2.05) is 0 Å². The zero-order chi connectivity index (χ0) is 16.2. The lowest BCUT2D eigenvalue weighted by atomic mass is 10.2. The first kappa shape index (κ1) is 15.7. The van der Waals surface area contributed by atoms with Crippen LogP contribution in [0.1, 0.15) is 11.1 Å². The molecule has 1 amide bonds. The van der Waals surface area contributed by atoms with Crippen molar-refractivity contribution in [2.24, 2.45) is 0 Å². The summed E-state index contributed by atoms with van der Waals surface area (Å²) in [5, 5.41) is 2.31. The van der Waals surface area contributed by atoms with Crippen molar-refractivity contribution in [1.82, 2.24) is 4.98 Å². The minimum Gasteiger partial charge on any atom is -0.307 e. The predicted octanol–water partition coefficient (Wildman–Crippen LogP) is 3.89. The van der Waals surface area contributed by atoms with Crippen molar-refractivity contribution in [3.05, 3.63) is 65.6 Å². The fourth-order valence-electron chi connectivity index (χ4n) is 1.59. The summed E-state index contributed by atoms with van der Waals surface area (Å²) >= 11 is 0. The molecule has 0 unspecified atom stereocenters. The van der Waals surface area contributed by atoms with Crippen LogP contribution in [-0.4, -0.2) is 10.9 Å². The van der Waals surface area contributed by atoms with Crippen molar-refractivity contribution in [2.75, 3.05) is 5.32 Å². The van der Waals surface area contributed by atoms with E-state index in [0.29, 0.717) is 11.8 Å². The monoisotopic (exact) mass is 310 g/mol. The zero-order valence-corrected chi connectivity index (χ0v) is 11.1. The molecule has 1 aromatic carbocycles. The Morgan fingerprint density at radius 1 is 1.18 bits per heavy atom. The van der Waals surface area contributed by atoms with Gasteiger partial charge >= 0.3 is 6.18 Å². The van der Waals surface area contributed by atoms with Gasteiger partial charge in [-0.15, -0.1) is 0 Å². The van der Waals surface area contributed by atoms with Gasteiger partial charge in [0.05, 0.1) is 5.56 Å². The van der Waals surface area contributed by atoms with E-state index in [9.17, 15) is 22.4 Å². The molecule has 1 heterocycles. The molecular formula is C15H10F4N2O. The molecule has 0 spiro atoms. The maximum Gasteiger partial charge on any atom is 0.417 e. The van der Waals surface area contributed by atoms with Gasteiger partial charge in [-0.25, -0.2) is 9.37 Å². The van der Waals surface area contributed by atoms with E-state index in [2.05, 4.69) is 10.3 Å². The summed E-state index contributed by atoms with van der Waals surface area (Å²) in [5.41, 5.74) is -0.420. The number of hydrogen-bond acceptors (Lipinski definition) is 2. The molecule has 1 aromatic heterocycles. The van der Waals surface area contributed by atoms with Gasteiger partial charge in [0.1, 0.15) is 11.6 Å². The summed E-state index contributed by atoms with van der Waals surface area (Å²) in [5.74, 6) is -1.04. The molecule has 0 aliphatic rings. The van der Waals surface area contributed by atoms with Crippen molar-refractivity contribution in [3.63, 3.8) is 0 Å². The SMILES string of the molecule is O=C(/C=C/c1cccc(F)c1)Nc1ccc(C(F)(F)F)cn1. The van der Waals surface area contributed by atoms with Gasteiger partial charge < -0.3 is 5.32 Å². The summed E-state index contributed by atoms with van der Waals surface area (Å²) < 4.78 is 50.0. The van der Waals surface area contributed by atoms with Gasteiger partial charge in [0.2, 0.25) is 5.91 Å². The van der Waals surface area contributed by atoms with Crippen LogP contribution >= 0.6 is 0 Å². The number of carbonyl (C=O) groups excluding carboxylic acids is 1. The topological polar surface area (TPSA) is 42.0 Å². The average Bonchev–Trinajstić information content (AvgIpc) is 2.45. The van der Waals surface area contributed by atoms with Crippen molar-refractivity contribution >= 4 is 17.8 Å². The molecule has 114 valence electrons. The van der Waals surface area contributed by atoms with Crippen LogP contribution in [0.25, 0.3) is 6.08 Å². The summed E-state index contributed by atoms with van der Waals surface area (Å²) in [6, 6.07) is 7.47. The van der Waals surface area contributed by atoms with E-state index < -0.39 is 23.5 Å². The van der Waals surface area contributed by atoms with Crippen molar-refractivity contribution in [2.45, 2.75) is 6.18 Å². The smallest absolute Gasteiger partial charge is 0.307 e. The number of anilines is 1. The molecule has 0 atom stereocenters. The van der Waals surface area contributed by atoms with Crippen LogP contribution in [-0.2, 0) is 11.0 Å². The number of amides is 1. The third-order valence-corrected chi connectivity index (χ3v) is 2.62. The van der Waals surface area contributed by atoms with Crippen LogP contribution in [0.3, 0.4) is 0 Å². The summed E-state index contributed by atoms with van der Waals surface area (Å²) in [4.78, 5) is 15.1. The van der Waals surface area contributed by atoms with E-state index in [0.717, 1.165) is 18.2 Å². The van der Waals surface area contributed by atoms with Crippen molar-refractivity contribution in [3.8, 4) is 0 Å². The molecule has 1 N–H and O–H groups in total. The van der Waals surface area contributed by atoms with Gasteiger partial charge in [0.15, 0.2) is 0 Å². The molecule has 3 nitrogen and oxygen atoms in total. The number of alkyl halides is 3.